The quantitative estimate of drug-likeness (QED) is 0.631. The summed E-state index contributed by atoms with van der Waals surface area (Å²) in [6.07, 6.45) is 0.783. The number of benzene rings is 1. The number of ether oxygens (including phenoxy) is 3. The predicted octanol–water partition coefficient (Wildman–Crippen LogP) is 1.31. The highest BCUT2D eigenvalue weighted by atomic mass is 16.5. The van der Waals surface area contributed by atoms with Gasteiger partial charge in [0.05, 0.1) is 32.9 Å². The lowest BCUT2D eigenvalue weighted by molar-refractivity contribution is -0.138. The zero-order valence-corrected chi connectivity index (χ0v) is 16.3. The highest BCUT2D eigenvalue weighted by Crippen LogP contribution is 2.27. The van der Waals surface area contributed by atoms with Crippen molar-refractivity contribution in [2.45, 2.75) is 13.3 Å². The van der Waals surface area contributed by atoms with Gasteiger partial charge in [0, 0.05) is 18.8 Å². The molecular weight excluding hydrogens is 350 g/mol. The summed E-state index contributed by atoms with van der Waals surface area (Å²) in [6.45, 7) is 3.39. The minimum absolute atomic E-state index is 0.170. The van der Waals surface area contributed by atoms with E-state index in [-0.39, 0.29) is 12.6 Å². The Balaban J connectivity index is 2.01. The molecular formula is C19H27N3O5. The molecule has 1 aromatic carbocycles. The molecule has 0 atom stereocenters. The molecule has 1 aliphatic rings. The number of nitrogens with one attached hydrogen (secondary N) is 2. The van der Waals surface area contributed by atoms with E-state index in [0.717, 1.165) is 18.5 Å². The molecule has 1 heterocycles. The molecule has 8 heteroatoms. The Morgan fingerprint density at radius 1 is 1.22 bits per heavy atom. The number of hydrogen-bond donors (Lipinski definition) is 2. The molecule has 0 radical (unpaired) electrons. The van der Waals surface area contributed by atoms with Gasteiger partial charge < -0.3 is 29.7 Å². The van der Waals surface area contributed by atoms with Crippen molar-refractivity contribution in [1.29, 1.82) is 0 Å². The van der Waals surface area contributed by atoms with Gasteiger partial charge in [0.25, 0.3) is 0 Å². The summed E-state index contributed by atoms with van der Waals surface area (Å²) in [7, 11) is 5.15. The Hall–Kier alpha value is -2.74. The van der Waals surface area contributed by atoms with Crippen molar-refractivity contribution in [3.05, 3.63) is 35.0 Å². The van der Waals surface area contributed by atoms with E-state index in [2.05, 4.69) is 10.6 Å². The summed E-state index contributed by atoms with van der Waals surface area (Å²) < 4.78 is 15.7. The molecule has 1 aliphatic heterocycles. The highest BCUT2D eigenvalue weighted by Gasteiger charge is 2.24. The highest BCUT2D eigenvalue weighted by molar-refractivity contribution is 5.93. The second kappa shape index (κ2) is 9.82. The lowest BCUT2D eigenvalue weighted by atomic mass is 10.1. The number of nitrogens with zero attached hydrogens (tertiary/aromatic N) is 1. The largest absolute Gasteiger partial charge is 0.493 e. The maximum absolute atomic E-state index is 12.1. The molecule has 148 valence electrons. The first kappa shape index (κ1) is 20.6. The van der Waals surface area contributed by atoms with Crippen LogP contribution in [0.3, 0.4) is 0 Å². The Kier molecular flexibility index (Phi) is 7.48. The summed E-state index contributed by atoms with van der Waals surface area (Å²) in [6, 6.07) is 5.50. The van der Waals surface area contributed by atoms with Gasteiger partial charge in [-0.3, -0.25) is 0 Å². The lowest BCUT2D eigenvalue weighted by Crippen LogP contribution is -2.46. The molecule has 0 unspecified atom stereocenters. The third kappa shape index (κ3) is 5.62. The van der Waals surface area contributed by atoms with Crippen LogP contribution < -0.4 is 20.1 Å². The third-order valence-electron chi connectivity index (χ3n) is 4.23. The number of hydrogen-bond acceptors (Lipinski definition) is 6. The molecule has 8 nitrogen and oxygen atoms in total. The van der Waals surface area contributed by atoms with Crippen LogP contribution in [0.1, 0.15) is 12.5 Å². The summed E-state index contributed by atoms with van der Waals surface area (Å²) in [4.78, 5) is 25.8. The van der Waals surface area contributed by atoms with Crippen LogP contribution in [0.2, 0.25) is 0 Å². The molecule has 0 spiro atoms. The summed E-state index contributed by atoms with van der Waals surface area (Å²) in [5.74, 6) is 0.972. The Labute approximate surface area is 159 Å². The SMILES string of the molecule is CCOC(=O)C1=C(CN(C)CCc2ccc(OC)c(OC)c2)NC(=O)NC1. The first-order valence-electron chi connectivity index (χ1n) is 8.81. The van der Waals surface area contributed by atoms with Crippen LogP contribution in [-0.2, 0) is 16.0 Å². The molecule has 0 aromatic heterocycles. The number of carbonyl (C=O) groups excluding carboxylic acids is 2. The van der Waals surface area contributed by atoms with Crippen molar-refractivity contribution in [3.8, 4) is 11.5 Å². The fourth-order valence-corrected chi connectivity index (χ4v) is 2.79. The minimum Gasteiger partial charge on any atom is -0.493 e. The van der Waals surface area contributed by atoms with Crippen LogP contribution in [0.25, 0.3) is 0 Å². The Morgan fingerprint density at radius 2 is 1.96 bits per heavy atom. The van der Waals surface area contributed by atoms with Crippen molar-refractivity contribution in [1.82, 2.24) is 15.5 Å². The van der Waals surface area contributed by atoms with Crippen molar-refractivity contribution >= 4 is 12.0 Å². The van der Waals surface area contributed by atoms with Gasteiger partial charge in [-0.1, -0.05) is 6.07 Å². The molecule has 0 fully saturated rings. The van der Waals surface area contributed by atoms with E-state index in [1.54, 1.807) is 21.1 Å². The van der Waals surface area contributed by atoms with E-state index in [4.69, 9.17) is 14.2 Å². The standard InChI is InChI=1S/C19H27N3O5/c1-5-27-18(23)14-11-20-19(24)21-15(14)12-22(2)9-8-13-6-7-16(25-3)17(10-13)26-4/h6-7,10H,5,8-9,11-12H2,1-4H3,(H2,20,21,24). The number of amides is 2. The summed E-state index contributed by atoms with van der Waals surface area (Å²) in [5, 5.41) is 5.32. The van der Waals surface area contributed by atoms with Crippen molar-refractivity contribution in [2.75, 3.05) is 47.5 Å². The van der Waals surface area contributed by atoms with Gasteiger partial charge in [0.1, 0.15) is 0 Å². The molecule has 2 rings (SSSR count). The van der Waals surface area contributed by atoms with Gasteiger partial charge in [-0.2, -0.15) is 0 Å². The second-order valence-corrected chi connectivity index (χ2v) is 6.16. The van der Waals surface area contributed by atoms with Crippen molar-refractivity contribution in [2.24, 2.45) is 0 Å². The van der Waals surface area contributed by atoms with E-state index in [1.807, 2.05) is 30.1 Å². The smallest absolute Gasteiger partial charge is 0.337 e. The normalized spacial score (nSPS) is 13.9. The lowest BCUT2D eigenvalue weighted by Gasteiger charge is -2.25. The third-order valence-corrected chi connectivity index (χ3v) is 4.23. The van der Waals surface area contributed by atoms with Crippen LogP contribution in [0.5, 0.6) is 11.5 Å². The van der Waals surface area contributed by atoms with Gasteiger partial charge in [-0.25, -0.2) is 9.59 Å². The molecule has 1 aromatic rings. The van der Waals surface area contributed by atoms with Gasteiger partial charge >= 0.3 is 12.0 Å². The Morgan fingerprint density at radius 3 is 2.63 bits per heavy atom. The topological polar surface area (TPSA) is 89.1 Å². The minimum atomic E-state index is -0.409. The zero-order chi connectivity index (χ0) is 19.8. The number of rotatable bonds is 9. The second-order valence-electron chi connectivity index (χ2n) is 6.16. The van der Waals surface area contributed by atoms with E-state index < -0.39 is 5.97 Å². The number of carbonyl (C=O) groups is 2. The van der Waals surface area contributed by atoms with Crippen LogP contribution in [0.15, 0.2) is 29.5 Å². The fourth-order valence-electron chi connectivity index (χ4n) is 2.79. The van der Waals surface area contributed by atoms with Gasteiger partial charge in [0.2, 0.25) is 0 Å². The fraction of sp³-hybridized carbons (Fsp3) is 0.474. The first-order valence-corrected chi connectivity index (χ1v) is 8.81. The first-order chi connectivity index (χ1) is 13.0. The number of methoxy groups -OCH3 is 2. The molecule has 0 aliphatic carbocycles. The van der Waals surface area contributed by atoms with Crippen LogP contribution in [0.4, 0.5) is 4.79 Å². The van der Waals surface area contributed by atoms with E-state index >= 15 is 0 Å². The molecule has 2 amide bonds. The summed E-state index contributed by atoms with van der Waals surface area (Å²) in [5.41, 5.74) is 2.13. The number of urea groups is 1. The van der Waals surface area contributed by atoms with E-state index in [9.17, 15) is 9.59 Å². The van der Waals surface area contributed by atoms with Gasteiger partial charge in [-0.15, -0.1) is 0 Å². The van der Waals surface area contributed by atoms with E-state index in [0.29, 0.717) is 35.9 Å². The number of esters is 1. The van der Waals surface area contributed by atoms with Crippen molar-refractivity contribution < 1.29 is 23.8 Å². The molecule has 0 saturated heterocycles. The monoisotopic (exact) mass is 377 g/mol. The molecule has 0 bridgehead atoms. The predicted molar refractivity (Wildman–Crippen MR) is 101 cm³/mol. The van der Waals surface area contributed by atoms with Crippen LogP contribution in [-0.4, -0.2) is 64.4 Å². The zero-order valence-electron chi connectivity index (χ0n) is 16.3. The maximum atomic E-state index is 12.1. The molecule has 0 saturated carbocycles. The van der Waals surface area contributed by atoms with Gasteiger partial charge in [-0.05, 0) is 38.1 Å². The van der Waals surface area contributed by atoms with Gasteiger partial charge in [0.15, 0.2) is 11.5 Å². The van der Waals surface area contributed by atoms with Crippen LogP contribution in [0, 0.1) is 0 Å². The van der Waals surface area contributed by atoms with Crippen LogP contribution >= 0.6 is 0 Å². The average Bonchev–Trinajstić information content (AvgIpc) is 2.66. The van der Waals surface area contributed by atoms with Crippen molar-refractivity contribution in [3.63, 3.8) is 0 Å². The van der Waals surface area contributed by atoms with E-state index in [1.165, 1.54) is 0 Å². The number of likely N-dealkylation sites (N-methyl/N-ethyl adjacent to an activating group) is 1. The Bertz CT molecular complexity index is 717. The maximum Gasteiger partial charge on any atom is 0.337 e. The average molecular weight is 377 g/mol. The molecule has 2 N–H and O–H groups in total. The summed E-state index contributed by atoms with van der Waals surface area (Å²) >= 11 is 0. The molecule has 27 heavy (non-hydrogen) atoms.